The van der Waals surface area contributed by atoms with Crippen molar-refractivity contribution in [1.29, 1.82) is 0 Å². The van der Waals surface area contributed by atoms with Crippen LogP contribution in [0.3, 0.4) is 0 Å². The van der Waals surface area contributed by atoms with Crippen LogP contribution < -0.4 is 16.4 Å². The van der Waals surface area contributed by atoms with Crippen molar-refractivity contribution in [3.8, 4) is 0 Å². The molecule has 17 heavy (non-hydrogen) atoms. The molecule has 1 atom stereocenters. The molecule has 0 aliphatic heterocycles. The van der Waals surface area contributed by atoms with Gasteiger partial charge in [-0.1, -0.05) is 30.3 Å². The largest absolute Gasteiger partial charge is 0.334 e. The molecule has 4 heteroatoms. The second-order valence-electron chi connectivity index (χ2n) is 4.49. The van der Waals surface area contributed by atoms with Gasteiger partial charge in [0.2, 0.25) is 0 Å². The van der Waals surface area contributed by atoms with Crippen LogP contribution in [-0.2, 0) is 6.54 Å². The number of hydrogen-bond donors (Lipinski definition) is 3. The fraction of sp³-hybridized carbons (Fsp3) is 0.462. The van der Waals surface area contributed by atoms with E-state index in [0.29, 0.717) is 19.0 Å². The number of hydrogen-bond acceptors (Lipinski definition) is 2. The summed E-state index contributed by atoms with van der Waals surface area (Å²) in [6, 6.07) is 9.86. The summed E-state index contributed by atoms with van der Waals surface area (Å²) in [5, 5.41) is 5.76. The molecule has 0 spiro atoms. The van der Waals surface area contributed by atoms with Gasteiger partial charge in [-0.25, -0.2) is 4.79 Å². The maximum atomic E-state index is 11.6. The summed E-state index contributed by atoms with van der Waals surface area (Å²) in [5.41, 5.74) is 6.72. The first-order valence-electron chi connectivity index (χ1n) is 6.08. The Morgan fingerprint density at radius 2 is 2.06 bits per heavy atom. The van der Waals surface area contributed by atoms with Crippen molar-refractivity contribution in [2.75, 3.05) is 6.54 Å². The zero-order valence-corrected chi connectivity index (χ0v) is 9.86. The van der Waals surface area contributed by atoms with Crippen LogP contribution in [0, 0.1) is 5.92 Å². The van der Waals surface area contributed by atoms with Crippen molar-refractivity contribution >= 4 is 6.03 Å². The summed E-state index contributed by atoms with van der Waals surface area (Å²) >= 11 is 0. The number of nitrogens with two attached hydrogens (primary N) is 1. The van der Waals surface area contributed by atoms with Gasteiger partial charge in [-0.2, -0.15) is 0 Å². The maximum Gasteiger partial charge on any atom is 0.315 e. The van der Waals surface area contributed by atoms with E-state index in [0.717, 1.165) is 5.56 Å². The molecule has 1 aromatic carbocycles. The Morgan fingerprint density at radius 1 is 1.35 bits per heavy atom. The van der Waals surface area contributed by atoms with Crippen molar-refractivity contribution in [3.05, 3.63) is 35.9 Å². The molecule has 0 bridgehead atoms. The third kappa shape index (κ3) is 3.75. The predicted molar refractivity (Wildman–Crippen MR) is 67.4 cm³/mol. The van der Waals surface area contributed by atoms with E-state index in [9.17, 15) is 4.79 Å². The van der Waals surface area contributed by atoms with Crippen molar-refractivity contribution in [2.45, 2.75) is 25.4 Å². The number of rotatable bonds is 5. The third-order valence-electron chi connectivity index (χ3n) is 3.06. The van der Waals surface area contributed by atoms with E-state index < -0.39 is 0 Å². The maximum absolute atomic E-state index is 11.6. The van der Waals surface area contributed by atoms with Gasteiger partial charge in [-0.15, -0.1) is 0 Å². The number of urea groups is 1. The second-order valence-corrected chi connectivity index (χ2v) is 4.49. The highest BCUT2D eigenvalue weighted by molar-refractivity contribution is 5.74. The molecule has 1 aliphatic rings. The van der Waals surface area contributed by atoms with Crippen LogP contribution in [0.25, 0.3) is 0 Å². The third-order valence-corrected chi connectivity index (χ3v) is 3.06. The normalized spacial score (nSPS) is 16.3. The highest BCUT2D eigenvalue weighted by atomic mass is 16.2. The molecule has 0 aromatic heterocycles. The summed E-state index contributed by atoms with van der Waals surface area (Å²) in [5.74, 6) is 0.586. The molecule has 4 N–H and O–H groups in total. The molecule has 4 nitrogen and oxygen atoms in total. The molecule has 0 saturated heterocycles. The molecule has 1 fully saturated rings. The van der Waals surface area contributed by atoms with E-state index in [4.69, 9.17) is 5.73 Å². The molecule has 1 unspecified atom stereocenters. The van der Waals surface area contributed by atoms with E-state index in [1.165, 1.54) is 12.8 Å². The number of carbonyl (C=O) groups is 1. The molecule has 1 aliphatic carbocycles. The van der Waals surface area contributed by atoms with Crippen LogP contribution in [0.5, 0.6) is 0 Å². The molecular weight excluding hydrogens is 214 g/mol. The smallest absolute Gasteiger partial charge is 0.315 e. The lowest BCUT2D eigenvalue weighted by atomic mass is 10.2. The number of amides is 2. The second kappa shape index (κ2) is 5.68. The summed E-state index contributed by atoms with van der Waals surface area (Å²) < 4.78 is 0. The van der Waals surface area contributed by atoms with E-state index in [1.54, 1.807) is 0 Å². The number of benzene rings is 1. The van der Waals surface area contributed by atoms with Gasteiger partial charge in [-0.05, 0) is 24.3 Å². The zero-order chi connectivity index (χ0) is 12.1. The fourth-order valence-electron chi connectivity index (χ4n) is 1.87. The van der Waals surface area contributed by atoms with Crippen LogP contribution in [-0.4, -0.2) is 18.6 Å². The van der Waals surface area contributed by atoms with Crippen LogP contribution >= 0.6 is 0 Å². The van der Waals surface area contributed by atoms with Crippen molar-refractivity contribution in [2.24, 2.45) is 11.7 Å². The fourth-order valence-corrected chi connectivity index (χ4v) is 1.87. The van der Waals surface area contributed by atoms with Gasteiger partial charge in [0.05, 0.1) is 0 Å². The quantitative estimate of drug-likeness (QED) is 0.716. The number of nitrogens with one attached hydrogen (secondary N) is 2. The molecule has 0 radical (unpaired) electrons. The van der Waals surface area contributed by atoms with Crippen LogP contribution in [0.2, 0.25) is 0 Å². The first-order chi connectivity index (χ1) is 8.29. The van der Waals surface area contributed by atoms with E-state index >= 15 is 0 Å². The van der Waals surface area contributed by atoms with Crippen LogP contribution in [0.15, 0.2) is 30.3 Å². The minimum absolute atomic E-state index is 0.129. The average molecular weight is 233 g/mol. The molecule has 2 amide bonds. The van der Waals surface area contributed by atoms with E-state index in [-0.39, 0.29) is 12.1 Å². The highest BCUT2D eigenvalue weighted by Crippen LogP contribution is 2.32. The summed E-state index contributed by atoms with van der Waals surface area (Å²) in [4.78, 5) is 11.6. The Morgan fingerprint density at radius 3 is 2.65 bits per heavy atom. The SMILES string of the molecule is NCC(NC(=O)NCc1ccccc1)C1CC1. The summed E-state index contributed by atoms with van der Waals surface area (Å²) in [7, 11) is 0. The van der Waals surface area contributed by atoms with Crippen molar-refractivity contribution < 1.29 is 4.79 Å². The predicted octanol–water partition coefficient (Wildman–Crippen LogP) is 1.22. The van der Waals surface area contributed by atoms with Gasteiger partial charge in [-0.3, -0.25) is 0 Å². The van der Waals surface area contributed by atoms with E-state index in [1.807, 2.05) is 30.3 Å². The molecule has 1 saturated carbocycles. The average Bonchev–Trinajstić information content (AvgIpc) is 3.19. The Hall–Kier alpha value is -1.55. The van der Waals surface area contributed by atoms with Gasteiger partial charge in [0.25, 0.3) is 0 Å². The molecular formula is C13H19N3O. The Bertz CT molecular complexity index is 362. The van der Waals surface area contributed by atoms with E-state index in [2.05, 4.69) is 10.6 Å². The molecule has 0 heterocycles. The molecule has 2 rings (SSSR count). The summed E-state index contributed by atoms with van der Waals surface area (Å²) in [6.07, 6.45) is 2.36. The monoisotopic (exact) mass is 233 g/mol. The molecule has 92 valence electrons. The minimum Gasteiger partial charge on any atom is -0.334 e. The number of carbonyl (C=O) groups excluding carboxylic acids is 1. The Labute approximate surface area is 102 Å². The zero-order valence-electron chi connectivity index (χ0n) is 9.86. The summed E-state index contributed by atoms with van der Waals surface area (Å²) in [6.45, 7) is 1.07. The lowest BCUT2D eigenvalue weighted by molar-refractivity contribution is 0.235. The van der Waals surface area contributed by atoms with Crippen molar-refractivity contribution in [1.82, 2.24) is 10.6 Å². The minimum atomic E-state index is -0.129. The topological polar surface area (TPSA) is 67.1 Å². The van der Waals surface area contributed by atoms with Crippen molar-refractivity contribution in [3.63, 3.8) is 0 Å². The highest BCUT2D eigenvalue weighted by Gasteiger charge is 2.31. The lowest BCUT2D eigenvalue weighted by Gasteiger charge is -2.16. The lowest BCUT2D eigenvalue weighted by Crippen LogP contribution is -2.46. The standard InChI is InChI=1S/C13H19N3O/c14-8-12(11-6-7-11)16-13(17)15-9-10-4-2-1-3-5-10/h1-5,11-12H,6-9,14H2,(H2,15,16,17). The Balaban J connectivity index is 1.73. The Kier molecular flexibility index (Phi) is 3.98. The van der Waals surface area contributed by atoms with Gasteiger partial charge in [0.1, 0.15) is 0 Å². The first kappa shape index (κ1) is 11.9. The van der Waals surface area contributed by atoms with Gasteiger partial charge >= 0.3 is 6.03 Å². The molecule has 1 aromatic rings. The van der Waals surface area contributed by atoms with Gasteiger partial charge in [0.15, 0.2) is 0 Å². The van der Waals surface area contributed by atoms with Crippen LogP contribution in [0.1, 0.15) is 18.4 Å². The first-order valence-corrected chi connectivity index (χ1v) is 6.08. The van der Waals surface area contributed by atoms with Crippen LogP contribution in [0.4, 0.5) is 4.79 Å². The van der Waals surface area contributed by atoms with Gasteiger partial charge in [0, 0.05) is 19.1 Å². The van der Waals surface area contributed by atoms with Gasteiger partial charge < -0.3 is 16.4 Å².